The van der Waals surface area contributed by atoms with Crippen molar-refractivity contribution in [3.05, 3.63) is 0 Å². The Kier molecular flexibility index (Phi) is 35.6. The van der Waals surface area contributed by atoms with Gasteiger partial charge in [-0.05, 0) is 37.0 Å². The molecule has 0 aromatic heterocycles. The molecule has 0 saturated carbocycles. The van der Waals surface area contributed by atoms with E-state index >= 15 is 0 Å². The molecule has 6 heteroatoms. The highest BCUT2D eigenvalue weighted by atomic mass is 16.6. The van der Waals surface area contributed by atoms with Gasteiger partial charge in [0.1, 0.15) is 13.2 Å². The molecule has 51 heavy (non-hydrogen) atoms. The normalized spacial score (nSPS) is 12.2. The monoisotopic (exact) mass is 723 g/mol. The molecular weight excluding hydrogens is 636 g/mol. The van der Waals surface area contributed by atoms with Gasteiger partial charge in [0.25, 0.3) is 0 Å². The predicted molar refractivity (Wildman–Crippen MR) is 215 cm³/mol. The topological polar surface area (TPSA) is 78.9 Å². The number of ether oxygens (including phenoxy) is 3. The molecule has 0 heterocycles. The Hall–Kier alpha value is -1.59. The van der Waals surface area contributed by atoms with E-state index in [1.165, 1.54) is 116 Å². The van der Waals surface area contributed by atoms with Crippen LogP contribution in [0.5, 0.6) is 0 Å². The van der Waals surface area contributed by atoms with Crippen molar-refractivity contribution in [3.63, 3.8) is 0 Å². The van der Waals surface area contributed by atoms with E-state index in [9.17, 15) is 14.4 Å². The van der Waals surface area contributed by atoms with Crippen molar-refractivity contribution in [3.8, 4) is 0 Å². The zero-order valence-corrected chi connectivity index (χ0v) is 34.9. The smallest absolute Gasteiger partial charge is 0.306 e. The van der Waals surface area contributed by atoms with Gasteiger partial charge in [0.2, 0.25) is 0 Å². The number of hydrogen-bond acceptors (Lipinski definition) is 6. The third kappa shape index (κ3) is 39.5. The van der Waals surface area contributed by atoms with E-state index in [0.29, 0.717) is 19.3 Å². The first-order chi connectivity index (χ1) is 24.6. The standard InChI is InChI=1S/C45H86O6/c1-39(2)31-25-19-13-10-8-7-9-11-15-22-28-34-43(46)49-37-42(38-50-44(47)35-29-23-18-17-21-27-33-41(5)6)51-45(48)36-30-24-16-12-14-20-26-32-40(3)4/h39-42H,7-38H2,1-6H3/t42-/m0/s1. The maximum Gasteiger partial charge on any atom is 0.306 e. The van der Waals surface area contributed by atoms with Crippen LogP contribution in [0.15, 0.2) is 0 Å². The Balaban J connectivity index is 4.31. The maximum absolute atomic E-state index is 12.7. The minimum absolute atomic E-state index is 0.0674. The molecular formula is C45H86O6. The molecule has 6 nitrogen and oxygen atoms in total. The zero-order valence-electron chi connectivity index (χ0n) is 34.9. The van der Waals surface area contributed by atoms with Crippen LogP contribution in [0.25, 0.3) is 0 Å². The SMILES string of the molecule is CC(C)CCCCCCCCCCCCCC(=O)OC[C@@H](COC(=O)CCCCCCCCC(C)C)OC(=O)CCCCCCCCCC(C)C. The highest BCUT2D eigenvalue weighted by molar-refractivity contribution is 5.71. The maximum atomic E-state index is 12.7. The molecule has 0 fully saturated rings. The van der Waals surface area contributed by atoms with Crippen molar-refractivity contribution in [1.82, 2.24) is 0 Å². The van der Waals surface area contributed by atoms with Crippen LogP contribution >= 0.6 is 0 Å². The molecule has 0 aromatic carbocycles. The third-order valence-electron chi connectivity index (χ3n) is 9.90. The fourth-order valence-electron chi connectivity index (χ4n) is 6.52. The van der Waals surface area contributed by atoms with Crippen LogP contribution in [0.1, 0.15) is 234 Å². The summed E-state index contributed by atoms with van der Waals surface area (Å²) in [6, 6.07) is 0. The van der Waals surface area contributed by atoms with Gasteiger partial charge in [0.05, 0.1) is 0 Å². The van der Waals surface area contributed by atoms with Gasteiger partial charge in [-0.3, -0.25) is 14.4 Å². The van der Waals surface area contributed by atoms with Crippen LogP contribution in [0.3, 0.4) is 0 Å². The minimum atomic E-state index is -0.762. The van der Waals surface area contributed by atoms with Gasteiger partial charge in [-0.2, -0.15) is 0 Å². The largest absolute Gasteiger partial charge is 0.462 e. The molecule has 0 aromatic rings. The van der Waals surface area contributed by atoms with Crippen molar-refractivity contribution >= 4 is 17.9 Å². The lowest BCUT2D eigenvalue weighted by Crippen LogP contribution is -2.30. The molecule has 1 atom stereocenters. The molecule has 0 unspecified atom stereocenters. The van der Waals surface area contributed by atoms with Crippen LogP contribution in [-0.2, 0) is 28.6 Å². The van der Waals surface area contributed by atoms with E-state index < -0.39 is 6.10 Å². The van der Waals surface area contributed by atoms with Gasteiger partial charge < -0.3 is 14.2 Å². The third-order valence-corrected chi connectivity index (χ3v) is 9.90. The Morgan fingerprint density at radius 2 is 0.569 bits per heavy atom. The molecule has 302 valence electrons. The van der Waals surface area contributed by atoms with Crippen molar-refractivity contribution in [2.75, 3.05) is 13.2 Å². The summed E-state index contributed by atoms with van der Waals surface area (Å²) in [5.74, 6) is 1.50. The number of rotatable bonds is 38. The minimum Gasteiger partial charge on any atom is -0.462 e. The molecule has 0 spiro atoms. The molecule has 0 bridgehead atoms. The molecule has 0 aliphatic carbocycles. The molecule has 0 amide bonds. The van der Waals surface area contributed by atoms with Crippen molar-refractivity contribution in [1.29, 1.82) is 0 Å². The van der Waals surface area contributed by atoms with Gasteiger partial charge in [0, 0.05) is 19.3 Å². The summed E-state index contributed by atoms with van der Waals surface area (Å²) >= 11 is 0. The quantitative estimate of drug-likeness (QED) is 0.0359. The first-order valence-electron chi connectivity index (χ1n) is 22.1. The average Bonchev–Trinajstić information content (AvgIpc) is 3.07. The van der Waals surface area contributed by atoms with E-state index in [1.807, 2.05) is 0 Å². The first-order valence-corrected chi connectivity index (χ1v) is 22.1. The molecule has 0 aliphatic rings. The van der Waals surface area contributed by atoms with Gasteiger partial charge in [-0.15, -0.1) is 0 Å². The highest BCUT2D eigenvalue weighted by Gasteiger charge is 2.19. The van der Waals surface area contributed by atoms with Crippen LogP contribution in [0.2, 0.25) is 0 Å². The zero-order chi connectivity index (χ0) is 37.8. The fourth-order valence-corrected chi connectivity index (χ4v) is 6.52. The van der Waals surface area contributed by atoms with E-state index in [-0.39, 0.29) is 31.1 Å². The van der Waals surface area contributed by atoms with Crippen LogP contribution in [0, 0.1) is 17.8 Å². The second-order valence-electron chi connectivity index (χ2n) is 16.8. The van der Waals surface area contributed by atoms with Crippen LogP contribution in [0.4, 0.5) is 0 Å². The number of carbonyl (C=O) groups excluding carboxylic acids is 3. The fraction of sp³-hybridized carbons (Fsp3) is 0.933. The number of esters is 3. The summed E-state index contributed by atoms with van der Waals surface area (Å²) in [6.07, 6.45) is 32.5. The Labute approximate surface area is 317 Å². The van der Waals surface area contributed by atoms with E-state index in [0.717, 1.165) is 75.5 Å². The predicted octanol–water partition coefficient (Wildman–Crippen LogP) is 13.7. The number of unbranched alkanes of at least 4 members (excludes halogenated alkanes) is 21. The van der Waals surface area contributed by atoms with Gasteiger partial charge in [-0.25, -0.2) is 0 Å². The van der Waals surface area contributed by atoms with Gasteiger partial charge in [0.15, 0.2) is 6.10 Å². The molecule has 0 N–H and O–H groups in total. The van der Waals surface area contributed by atoms with Crippen LogP contribution < -0.4 is 0 Å². The van der Waals surface area contributed by atoms with Crippen LogP contribution in [-0.4, -0.2) is 37.2 Å². The van der Waals surface area contributed by atoms with Gasteiger partial charge in [-0.1, -0.05) is 196 Å². The summed E-state index contributed by atoms with van der Waals surface area (Å²) in [5.41, 5.74) is 0. The highest BCUT2D eigenvalue weighted by Crippen LogP contribution is 2.16. The lowest BCUT2D eigenvalue weighted by molar-refractivity contribution is -0.167. The lowest BCUT2D eigenvalue weighted by atomic mass is 10.0. The number of carbonyl (C=O) groups is 3. The molecule has 0 saturated heterocycles. The Morgan fingerprint density at radius 1 is 0.333 bits per heavy atom. The summed E-state index contributed by atoms with van der Waals surface area (Å²) in [5, 5.41) is 0. The number of hydrogen-bond donors (Lipinski definition) is 0. The first kappa shape index (κ1) is 49.4. The summed E-state index contributed by atoms with van der Waals surface area (Å²) in [4.78, 5) is 37.6. The van der Waals surface area contributed by atoms with E-state index in [2.05, 4.69) is 41.5 Å². The second-order valence-corrected chi connectivity index (χ2v) is 16.8. The summed E-state index contributed by atoms with van der Waals surface area (Å²) in [6.45, 7) is 13.6. The summed E-state index contributed by atoms with van der Waals surface area (Å²) < 4.78 is 16.7. The van der Waals surface area contributed by atoms with Crippen molar-refractivity contribution in [2.45, 2.75) is 240 Å². The second kappa shape index (κ2) is 36.8. The molecule has 0 rings (SSSR count). The summed E-state index contributed by atoms with van der Waals surface area (Å²) in [7, 11) is 0. The van der Waals surface area contributed by atoms with E-state index in [1.54, 1.807) is 0 Å². The van der Waals surface area contributed by atoms with Crippen molar-refractivity contribution in [2.24, 2.45) is 17.8 Å². The lowest BCUT2D eigenvalue weighted by Gasteiger charge is -2.18. The average molecular weight is 723 g/mol. The Morgan fingerprint density at radius 3 is 0.843 bits per heavy atom. The Bertz CT molecular complexity index is 792. The van der Waals surface area contributed by atoms with Gasteiger partial charge >= 0.3 is 17.9 Å². The molecule has 0 aliphatic heterocycles. The van der Waals surface area contributed by atoms with Crippen molar-refractivity contribution < 1.29 is 28.6 Å². The molecule has 0 radical (unpaired) electrons. The van der Waals surface area contributed by atoms with E-state index in [4.69, 9.17) is 14.2 Å².